The van der Waals surface area contributed by atoms with Crippen molar-refractivity contribution in [3.05, 3.63) is 141 Å². The molecule has 0 spiro atoms. The van der Waals surface area contributed by atoms with E-state index in [-0.39, 0.29) is 11.7 Å². The van der Waals surface area contributed by atoms with Crippen molar-refractivity contribution in [1.29, 1.82) is 0 Å². The van der Waals surface area contributed by atoms with Gasteiger partial charge in [0.2, 0.25) is 0 Å². The summed E-state index contributed by atoms with van der Waals surface area (Å²) in [5.41, 5.74) is 14.9. The van der Waals surface area contributed by atoms with Crippen molar-refractivity contribution >= 4 is 62.3 Å². The zero-order valence-electron chi connectivity index (χ0n) is 25.7. The first-order valence-electron chi connectivity index (χ1n) is 15.0. The van der Waals surface area contributed by atoms with Crippen LogP contribution in [-0.4, -0.2) is 16.7 Å². The summed E-state index contributed by atoms with van der Waals surface area (Å²) < 4.78 is 0. The number of carbonyl (C=O) groups excluding carboxylic acids is 2. The van der Waals surface area contributed by atoms with E-state index < -0.39 is 0 Å². The number of nitrogens with zero attached hydrogens (tertiary/aromatic N) is 1. The van der Waals surface area contributed by atoms with Gasteiger partial charge in [-0.25, -0.2) is 4.98 Å². The van der Waals surface area contributed by atoms with Gasteiger partial charge in [-0.15, -0.1) is 11.3 Å². The molecule has 0 atom stereocenters. The minimum Gasteiger partial charge on any atom is -0.397 e. The van der Waals surface area contributed by atoms with Crippen LogP contribution in [0.4, 0.5) is 11.4 Å². The van der Waals surface area contributed by atoms with Crippen molar-refractivity contribution in [2.75, 3.05) is 11.1 Å². The summed E-state index contributed by atoms with van der Waals surface area (Å²) in [4.78, 5) is 32.6. The average molecular weight is 642 g/mol. The van der Waals surface area contributed by atoms with Crippen LogP contribution in [0.1, 0.15) is 56.5 Å². The monoisotopic (exact) mass is 641 g/mol. The van der Waals surface area contributed by atoms with Crippen LogP contribution >= 0.6 is 22.9 Å². The third-order valence-electron chi connectivity index (χ3n) is 7.84. The maximum absolute atomic E-state index is 13.6. The fourth-order valence-electron chi connectivity index (χ4n) is 5.22. The van der Waals surface area contributed by atoms with Crippen LogP contribution in [0.5, 0.6) is 0 Å². The zero-order valence-corrected chi connectivity index (χ0v) is 27.2. The molecule has 0 aliphatic carbocycles. The van der Waals surface area contributed by atoms with Crippen molar-refractivity contribution in [3.8, 4) is 22.4 Å². The summed E-state index contributed by atoms with van der Waals surface area (Å²) >= 11 is 7.38. The van der Waals surface area contributed by atoms with Crippen molar-refractivity contribution in [2.24, 2.45) is 0 Å². The molecule has 228 valence electrons. The highest BCUT2D eigenvalue weighted by Crippen LogP contribution is 2.41. The number of carbonyl (C=O) groups is 2. The third kappa shape index (κ3) is 6.64. The fourth-order valence-corrected chi connectivity index (χ4v) is 6.36. The molecule has 4 aromatic carbocycles. The van der Waals surface area contributed by atoms with Gasteiger partial charge in [0.05, 0.1) is 11.4 Å². The number of anilines is 2. The Kier molecular flexibility index (Phi) is 8.84. The Bertz CT molecular complexity index is 2100. The summed E-state index contributed by atoms with van der Waals surface area (Å²) in [5.74, 6) is -0.0836. The molecule has 0 radical (unpaired) electrons. The number of nitrogens with two attached hydrogens (primary N) is 1. The van der Waals surface area contributed by atoms with Gasteiger partial charge in [0.15, 0.2) is 5.78 Å². The molecular formula is C39H32ClN3O2S. The molecule has 0 aliphatic rings. The number of thiophene rings is 1. The smallest absolute Gasteiger partial charge is 0.267 e. The lowest BCUT2D eigenvalue weighted by Gasteiger charge is -2.10. The van der Waals surface area contributed by atoms with Gasteiger partial charge >= 0.3 is 0 Å². The molecule has 0 unspecified atom stereocenters. The second-order valence-corrected chi connectivity index (χ2v) is 12.9. The summed E-state index contributed by atoms with van der Waals surface area (Å²) in [5, 5.41) is 4.31. The molecule has 0 aliphatic heterocycles. The molecule has 46 heavy (non-hydrogen) atoms. The average Bonchev–Trinajstić information content (AvgIpc) is 3.40. The summed E-state index contributed by atoms with van der Waals surface area (Å²) in [6.07, 6.45) is 3.35. The van der Waals surface area contributed by atoms with Crippen LogP contribution in [0.2, 0.25) is 5.02 Å². The number of hydrogen-bond donors (Lipinski definition) is 2. The van der Waals surface area contributed by atoms with Gasteiger partial charge in [-0.1, -0.05) is 110 Å². The normalized spacial score (nSPS) is 11.4. The Morgan fingerprint density at radius 1 is 0.891 bits per heavy atom. The van der Waals surface area contributed by atoms with Gasteiger partial charge in [-0.05, 0) is 71.5 Å². The highest BCUT2D eigenvalue weighted by atomic mass is 35.5. The Balaban J connectivity index is 1.29. The van der Waals surface area contributed by atoms with Crippen molar-refractivity contribution < 1.29 is 9.59 Å². The first-order valence-corrected chi connectivity index (χ1v) is 16.2. The van der Waals surface area contributed by atoms with Crippen molar-refractivity contribution in [1.82, 2.24) is 4.98 Å². The molecule has 0 saturated heterocycles. The van der Waals surface area contributed by atoms with Crippen molar-refractivity contribution in [2.45, 2.75) is 26.7 Å². The molecular weight excluding hydrogens is 610 g/mol. The molecule has 7 heteroatoms. The molecule has 6 rings (SSSR count). The second-order valence-electron chi connectivity index (χ2n) is 11.5. The number of ketones is 1. The second kappa shape index (κ2) is 13.1. The van der Waals surface area contributed by atoms with Gasteiger partial charge in [0, 0.05) is 27.2 Å². The molecule has 2 heterocycles. The lowest BCUT2D eigenvalue weighted by atomic mass is 9.98. The number of pyridine rings is 1. The summed E-state index contributed by atoms with van der Waals surface area (Å²) in [6, 6.07) is 32.7. The summed E-state index contributed by atoms with van der Waals surface area (Å²) in [7, 11) is 0. The predicted octanol–water partition coefficient (Wildman–Crippen LogP) is 10.4. The molecule has 0 fully saturated rings. The molecule has 0 bridgehead atoms. The maximum Gasteiger partial charge on any atom is 0.267 e. The van der Waals surface area contributed by atoms with Crippen LogP contribution in [0, 0.1) is 6.92 Å². The number of amides is 1. The van der Waals surface area contributed by atoms with Crippen LogP contribution in [-0.2, 0) is 0 Å². The van der Waals surface area contributed by atoms with Gasteiger partial charge in [0.1, 0.15) is 9.71 Å². The van der Waals surface area contributed by atoms with E-state index in [1.807, 2.05) is 73.7 Å². The van der Waals surface area contributed by atoms with Crippen molar-refractivity contribution in [3.63, 3.8) is 0 Å². The standard InChI is InChI=1S/C39H32ClN3O2S/c1-23(2)26-14-9-25(10-15-26)11-20-34(44)29-5-4-6-31(21-29)42-38(45)37-36(41)35-32(27-12-7-24(3)8-13-27)22-33(43-39(35)46-37)28-16-18-30(40)19-17-28/h4-23H,41H2,1-3H3,(H,42,45)/b20-11+. The number of allylic oxidation sites excluding steroid dienone is 1. The van der Waals surface area contributed by atoms with E-state index in [2.05, 4.69) is 31.3 Å². The molecule has 0 saturated carbocycles. The fraction of sp³-hybridized carbons (Fsp3) is 0.103. The zero-order chi connectivity index (χ0) is 32.4. The number of nitrogen functional groups attached to an aromatic ring is 1. The van der Waals surface area contributed by atoms with E-state index in [1.54, 1.807) is 36.4 Å². The Labute approximate surface area is 277 Å². The van der Waals surface area contributed by atoms with Crippen LogP contribution in [0.3, 0.4) is 0 Å². The first-order chi connectivity index (χ1) is 22.2. The minimum absolute atomic E-state index is 0.160. The van der Waals surface area contributed by atoms with E-state index >= 15 is 0 Å². The molecule has 6 aromatic rings. The lowest BCUT2D eigenvalue weighted by Crippen LogP contribution is -2.12. The highest BCUT2D eigenvalue weighted by molar-refractivity contribution is 7.21. The SMILES string of the molecule is Cc1ccc(-c2cc(-c3ccc(Cl)cc3)nc3sc(C(=O)Nc4cccc(C(=O)/C=C/c5ccc(C(C)C)cc5)c4)c(N)c23)cc1. The number of aromatic nitrogens is 1. The van der Waals surface area contributed by atoms with E-state index in [9.17, 15) is 9.59 Å². The van der Waals surface area contributed by atoms with E-state index in [4.69, 9.17) is 22.3 Å². The third-order valence-corrected chi connectivity index (χ3v) is 9.19. The topological polar surface area (TPSA) is 85.1 Å². The van der Waals surface area contributed by atoms with Gasteiger partial charge in [-0.3, -0.25) is 9.59 Å². The number of rotatable bonds is 8. The number of benzene rings is 4. The predicted molar refractivity (Wildman–Crippen MR) is 193 cm³/mol. The Morgan fingerprint density at radius 2 is 1.59 bits per heavy atom. The largest absolute Gasteiger partial charge is 0.397 e. The highest BCUT2D eigenvalue weighted by Gasteiger charge is 2.22. The lowest BCUT2D eigenvalue weighted by molar-refractivity contribution is 0.102. The first kappa shape index (κ1) is 31.0. The van der Waals surface area contributed by atoms with Gasteiger partial charge in [-0.2, -0.15) is 0 Å². The number of hydrogen-bond acceptors (Lipinski definition) is 5. The van der Waals surface area contributed by atoms with E-state index in [1.165, 1.54) is 16.9 Å². The Hall–Kier alpha value is -5.04. The summed E-state index contributed by atoms with van der Waals surface area (Å²) in [6.45, 7) is 6.33. The van der Waals surface area contributed by atoms with E-state index in [0.717, 1.165) is 38.9 Å². The molecule has 3 N–H and O–H groups in total. The maximum atomic E-state index is 13.6. The molecule has 2 aromatic heterocycles. The number of aryl methyl sites for hydroxylation is 1. The van der Waals surface area contributed by atoms with E-state index in [0.29, 0.717) is 37.6 Å². The molecule has 1 amide bonds. The number of halogens is 1. The number of fused-ring (bicyclic) bond motifs is 1. The minimum atomic E-state index is -0.367. The van der Waals surface area contributed by atoms with Crippen LogP contribution in [0.25, 0.3) is 38.7 Å². The van der Waals surface area contributed by atoms with Crippen LogP contribution in [0.15, 0.2) is 109 Å². The molecule has 5 nitrogen and oxygen atoms in total. The van der Waals surface area contributed by atoms with Gasteiger partial charge < -0.3 is 11.1 Å². The quantitative estimate of drug-likeness (QED) is 0.128. The van der Waals surface area contributed by atoms with Gasteiger partial charge in [0.25, 0.3) is 5.91 Å². The Morgan fingerprint density at radius 3 is 2.28 bits per heavy atom. The van der Waals surface area contributed by atoms with Crippen LogP contribution < -0.4 is 11.1 Å². The number of nitrogens with one attached hydrogen (secondary N) is 1.